The second-order valence-corrected chi connectivity index (χ2v) is 5.13. The maximum absolute atomic E-state index is 11.3. The summed E-state index contributed by atoms with van der Waals surface area (Å²) in [6.45, 7) is 2.15. The van der Waals surface area contributed by atoms with Crippen LogP contribution in [0.2, 0.25) is 0 Å². The van der Waals surface area contributed by atoms with Gasteiger partial charge < -0.3 is 5.32 Å². The Labute approximate surface area is 107 Å². The zero-order valence-corrected chi connectivity index (χ0v) is 11.1. The number of halogens is 1. The first kappa shape index (κ1) is 12.9. The number of nitriles is 1. The first-order chi connectivity index (χ1) is 7.61. The number of nitrogens with one attached hydrogen (secondary N) is 1. The molecule has 1 N–H and O–H groups in total. The lowest BCUT2D eigenvalue weighted by Crippen LogP contribution is -2.25. The van der Waals surface area contributed by atoms with E-state index in [1.54, 1.807) is 24.3 Å². The van der Waals surface area contributed by atoms with E-state index in [9.17, 15) is 4.79 Å². The molecule has 0 radical (unpaired) electrons. The molecule has 0 aliphatic heterocycles. The van der Waals surface area contributed by atoms with Crippen molar-refractivity contribution in [2.75, 3.05) is 6.54 Å². The van der Waals surface area contributed by atoms with Crippen molar-refractivity contribution in [3.8, 4) is 6.07 Å². The van der Waals surface area contributed by atoms with Crippen LogP contribution in [0.1, 0.15) is 11.8 Å². The van der Waals surface area contributed by atoms with E-state index in [4.69, 9.17) is 5.26 Å². The van der Waals surface area contributed by atoms with Crippen LogP contribution in [0, 0.1) is 17.2 Å². The van der Waals surface area contributed by atoms with Crippen LogP contribution in [-0.4, -0.2) is 12.5 Å². The molecule has 0 fully saturated rings. The van der Waals surface area contributed by atoms with E-state index in [0.29, 0.717) is 6.54 Å². The summed E-state index contributed by atoms with van der Waals surface area (Å²) in [5, 5.41) is 13.1. The van der Waals surface area contributed by atoms with Crippen LogP contribution in [-0.2, 0) is 4.79 Å². The van der Waals surface area contributed by atoms with Gasteiger partial charge in [0.2, 0.25) is 5.91 Å². The average molecular weight is 299 g/mol. The van der Waals surface area contributed by atoms with Gasteiger partial charge in [0.05, 0.1) is 12.0 Å². The molecule has 0 saturated carbocycles. The fourth-order valence-corrected chi connectivity index (χ4v) is 2.27. The molecule has 0 aliphatic carbocycles. The highest BCUT2D eigenvalue weighted by Gasteiger charge is 2.01. The van der Waals surface area contributed by atoms with E-state index >= 15 is 0 Å². The molecule has 3 nitrogen and oxygen atoms in total. The highest BCUT2D eigenvalue weighted by molar-refractivity contribution is 9.10. The summed E-state index contributed by atoms with van der Waals surface area (Å²) in [7, 11) is 0. The van der Waals surface area contributed by atoms with Crippen molar-refractivity contribution < 1.29 is 4.79 Å². The summed E-state index contributed by atoms with van der Waals surface area (Å²) in [5.41, 5.74) is 0. The van der Waals surface area contributed by atoms with E-state index in [0.717, 1.165) is 9.35 Å². The molecule has 0 bridgehead atoms. The van der Waals surface area contributed by atoms with Crippen molar-refractivity contribution >= 4 is 39.2 Å². The van der Waals surface area contributed by atoms with Crippen LogP contribution in [0.3, 0.4) is 0 Å². The van der Waals surface area contributed by atoms with Crippen LogP contribution in [0.15, 0.2) is 22.0 Å². The van der Waals surface area contributed by atoms with Gasteiger partial charge in [-0.1, -0.05) is 0 Å². The lowest BCUT2D eigenvalue weighted by atomic mass is 10.2. The standard InChI is InChI=1S/C11H11BrN2OS/c1-8(5-13)6-14-11(15)3-2-10-4-9(12)7-16-10/h2-4,7-8H,6H2,1H3,(H,14,15). The summed E-state index contributed by atoms with van der Waals surface area (Å²) < 4.78 is 1.01. The highest BCUT2D eigenvalue weighted by atomic mass is 79.9. The van der Waals surface area contributed by atoms with Crippen molar-refractivity contribution in [3.63, 3.8) is 0 Å². The number of nitrogens with zero attached hydrogens (tertiary/aromatic N) is 1. The molecule has 1 unspecified atom stereocenters. The summed E-state index contributed by atoms with van der Waals surface area (Å²) in [6, 6.07) is 3.99. The maximum Gasteiger partial charge on any atom is 0.244 e. The number of carbonyl (C=O) groups is 1. The van der Waals surface area contributed by atoms with Gasteiger partial charge in [-0.15, -0.1) is 11.3 Å². The van der Waals surface area contributed by atoms with Crippen molar-refractivity contribution in [1.29, 1.82) is 5.26 Å². The van der Waals surface area contributed by atoms with Crippen molar-refractivity contribution in [2.45, 2.75) is 6.92 Å². The monoisotopic (exact) mass is 298 g/mol. The van der Waals surface area contributed by atoms with Gasteiger partial charge in [-0.25, -0.2) is 0 Å². The van der Waals surface area contributed by atoms with Crippen molar-refractivity contribution in [1.82, 2.24) is 5.32 Å². The van der Waals surface area contributed by atoms with Gasteiger partial charge in [0.1, 0.15) is 0 Å². The fourth-order valence-electron chi connectivity index (χ4n) is 0.932. The third-order valence-corrected chi connectivity index (χ3v) is 3.45. The number of hydrogen-bond donors (Lipinski definition) is 1. The number of amides is 1. The molecule has 16 heavy (non-hydrogen) atoms. The number of thiophene rings is 1. The molecule has 1 aromatic heterocycles. The van der Waals surface area contributed by atoms with Gasteiger partial charge in [0, 0.05) is 27.4 Å². The van der Waals surface area contributed by atoms with Gasteiger partial charge in [0.25, 0.3) is 0 Å². The first-order valence-electron chi connectivity index (χ1n) is 4.71. The summed E-state index contributed by atoms with van der Waals surface area (Å²) in [6.07, 6.45) is 3.23. The van der Waals surface area contributed by atoms with Crippen LogP contribution < -0.4 is 5.32 Å². The minimum absolute atomic E-state index is 0.159. The Morgan fingerprint density at radius 2 is 2.56 bits per heavy atom. The molecular formula is C11H11BrN2OS. The molecular weight excluding hydrogens is 288 g/mol. The summed E-state index contributed by atoms with van der Waals surface area (Å²) in [4.78, 5) is 12.3. The van der Waals surface area contributed by atoms with Crippen LogP contribution in [0.5, 0.6) is 0 Å². The minimum Gasteiger partial charge on any atom is -0.351 e. The van der Waals surface area contributed by atoms with Crippen LogP contribution >= 0.6 is 27.3 Å². The van der Waals surface area contributed by atoms with Gasteiger partial charge in [-0.2, -0.15) is 5.26 Å². The number of rotatable bonds is 4. The van der Waals surface area contributed by atoms with Gasteiger partial charge in [-0.05, 0) is 35.0 Å². The van der Waals surface area contributed by atoms with Gasteiger partial charge in [-0.3, -0.25) is 4.79 Å². The Morgan fingerprint density at radius 3 is 3.12 bits per heavy atom. The molecule has 84 valence electrons. The largest absolute Gasteiger partial charge is 0.351 e. The zero-order valence-electron chi connectivity index (χ0n) is 8.74. The molecule has 1 atom stereocenters. The smallest absolute Gasteiger partial charge is 0.244 e. The van der Waals surface area contributed by atoms with E-state index in [-0.39, 0.29) is 11.8 Å². The molecule has 0 aliphatic rings. The summed E-state index contributed by atoms with van der Waals surface area (Å²) in [5.74, 6) is -0.333. The SMILES string of the molecule is CC(C#N)CNC(=O)C=Cc1cc(Br)cs1. The predicted octanol–water partition coefficient (Wildman–Crippen LogP) is 2.80. The second kappa shape index (κ2) is 6.46. The normalized spacial score (nSPS) is 12.3. The Bertz CT molecular complexity index is 433. The molecule has 1 amide bonds. The Hall–Kier alpha value is -1.12. The average Bonchev–Trinajstić information content (AvgIpc) is 2.69. The number of carbonyl (C=O) groups excluding carboxylic acids is 1. The van der Waals surface area contributed by atoms with Gasteiger partial charge in [0.15, 0.2) is 0 Å². The third kappa shape index (κ3) is 4.60. The van der Waals surface area contributed by atoms with E-state index < -0.39 is 0 Å². The minimum atomic E-state index is -0.174. The zero-order chi connectivity index (χ0) is 12.0. The lowest BCUT2D eigenvalue weighted by molar-refractivity contribution is -0.116. The first-order valence-corrected chi connectivity index (χ1v) is 6.38. The quantitative estimate of drug-likeness (QED) is 0.869. The van der Waals surface area contributed by atoms with Gasteiger partial charge >= 0.3 is 0 Å². The molecule has 0 spiro atoms. The molecule has 0 aromatic carbocycles. The third-order valence-electron chi connectivity index (χ3n) is 1.79. The molecule has 1 heterocycles. The number of hydrogen-bond acceptors (Lipinski definition) is 3. The Morgan fingerprint density at radius 1 is 1.81 bits per heavy atom. The predicted molar refractivity (Wildman–Crippen MR) is 68.8 cm³/mol. The van der Waals surface area contributed by atoms with E-state index in [2.05, 4.69) is 27.3 Å². The van der Waals surface area contributed by atoms with Crippen LogP contribution in [0.4, 0.5) is 0 Å². The molecule has 0 saturated heterocycles. The van der Waals surface area contributed by atoms with E-state index in [1.807, 2.05) is 11.4 Å². The lowest BCUT2D eigenvalue weighted by Gasteiger charge is -2.01. The van der Waals surface area contributed by atoms with Crippen LogP contribution in [0.25, 0.3) is 6.08 Å². The van der Waals surface area contributed by atoms with E-state index in [1.165, 1.54) is 6.08 Å². The van der Waals surface area contributed by atoms with Crippen molar-refractivity contribution in [2.24, 2.45) is 5.92 Å². The Kier molecular flexibility index (Phi) is 5.23. The molecule has 5 heteroatoms. The molecule has 1 rings (SSSR count). The van der Waals surface area contributed by atoms with Crippen molar-refractivity contribution in [3.05, 3.63) is 26.9 Å². The maximum atomic E-state index is 11.3. The fraction of sp³-hybridized carbons (Fsp3) is 0.273. The molecule has 1 aromatic rings. The second-order valence-electron chi connectivity index (χ2n) is 3.28. The Balaban J connectivity index is 2.40. The topological polar surface area (TPSA) is 52.9 Å². The highest BCUT2D eigenvalue weighted by Crippen LogP contribution is 2.20. The summed E-state index contributed by atoms with van der Waals surface area (Å²) >= 11 is 4.89.